The Morgan fingerprint density at radius 2 is 1.09 bits per heavy atom. The molecule has 0 aromatic heterocycles. The van der Waals surface area contributed by atoms with Crippen LogP contribution in [0.1, 0.15) is 130 Å². The molecule has 0 rings (SSSR count). The van der Waals surface area contributed by atoms with Gasteiger partial charge in [0, 0.05) is 6.54 Å². The molecule has 0 aliphatic rings. The van der Waals surface area contributed by atoms with Gasteiger partial charge in [-0.1, -0.05) is 117 Å². The van der Waals surface area contributed by atoms with Crippen molar-refractivity contribution in [2.45, 2.75) is 130 Å². The fourth-order valence-corrected chi connectivity index (χ4v) is 3.67. The Morgan fingerprint density at radius 3 is 1.50 bits per heavy atom. The van der Waals surface area contributed by atoms with Crippen LogP contribution in [0.15, 0.2) is 0 Å². The number of esters is 1. The van der Waals surface area contributed by atoms with Crippen molar-refractivity contribution in [2.24, 2.45) is 5.92 Å². The summed E-state index contributed by atoms with van der Waals surface area (Å²) in [5.41, 5.74) is 0. The zero-order valence-electron chi connectivity index (χ0n) is 21.8. The minimum atomic E-state index is -0.444. The minimum absolute atomic E-state index is 0.0354. The predicted molar refractivity (Wildman–Crippen MR) is 134 cm³/mol. The molecule has 5 heteroatoms. The van der Waals surface area contributed by atoms with Gasteiger partial charge in [-0.25, -0.2) is 4.79 Å². The van der Waals surface area contributed by atoms with E-state index in [1.165, 1.54) is 94.8 Å². The van der Waals surface area contributed by atoms with E-state index >= 15 is 0 Å². The number of nitrogens with zero attached hydrogens (tertiary/aromatic N) is 1. The van der Waals surface area contributed by atoms with Crippen molar-refractivity contribution < 1.29 is 19.1 Å². The minimum Gasteiger partial charge on any atom is -0.464 e. The molecule has 0 unspecified atom stereocenters. The SMILES string of the molecule is CCCCCCCCCCCCCCCCCCOC(=O)CN(CC)C(=O)OCC(C)C. The summed E-state index contributed by atoms with van der Waals surface area (Å²) in [6.45, 7) is 9.28. The Bertz CT molecular complexity index is 439. The van der Waals surface area contributed by atoms with Crippen LogP contribution in [0.5, 0.6) is 0 Å². The van der Waals surface area contributed by atoms with Crippen LogP contribution in [0.4, 0.5) is 4.79 Å². The van der Waals surface area contributed by atoms with Crippen LogP contribution < -0.4 is 0 Å². The summed E-state index contributed by atoms with van der Waals surface area (Å²) in [5, 5.41) is 0. The van der Waals surface area contributed by atoms with Crippen LogP contribution in [0.25, 0.3) is 0 Å². The number of amides is 1. The van der Waals surface area contributed by atoms with E-state index in [1.54, 1.807) is 0 Å². The molecule has 0 radical (unpaired) electrons. The van der Waals surface area contributed by atoms with Gasteiger partial charge in [0.05, 0.1) is 13.2 Å². The second kappa shape index (κ2) is 22.9. The highest BCUT2D eigenvalue weighted by molar-refractivity contribution is 5.78. The van der Waals surface area contributed by atoms with E-state index in [4.69, 9.17) is 9.47 Å². The summed E-state index contributed by atoms with van der Waals surface area (Å²) in [6, 6.07) is 0. The van der Waals surface area contributed by atoms with Gasteiger partial charge in [0.1, 0.15) is 6.54 Å². The van der Waals surface area contributed by atoms with Crippen LogP contribution in [0.3, 0.4) is 0 Å². The molecule has 1 amide bonds. The first-order valence-corrected chi connectivity index (χ1v) is 13.6. The van der Waals surface area contributed by atoms with Gasteiger partial charge < -0.3 is 9.47 Å². The quantitative estimate of drug-likeness (QED) is 0.123. The second-order valence-electron chi connectivity index (χ2n) is 9.51. The maximum Gasteiger partial charge on any atom is 0.410 e. The molecule has 0 heterocycles. The summed E-state index contributed by atoms with van der Waals surface area (Å²) in [7, 11) is 0. The van der Waals surface area contributed by atoms with E-state index in [0.29, 0.717) is 19.8 Å². The van der Waals surface area contributed by atoms with Gasteiger partial charge in [-0.3, -0.25) is 9.69 Å². The molecule has 0 saturated carbocycles. The van der Waals surface area contributed by atoms with Crippen molar-refractivity contribution in [3.63, 3.8) is 0 Å². The lowest BCUT2D eigenvalue weighted by molar-refractivity contribution is -0.144. The lowest BCUT2D eigenvalue weighted by atomic mass is 10.0. The van der Waals surface area contributed by atoms with Gasteiger partial charge in [0.15, 0.2) is 0 Å². The third-order valence-electron chi connectivity index (χ3n) is 5.76. The third-order valence-corrected chi connectivity index (χ3v) is 5.76. The van der Waals surface area contributed by atoms with Gasteiger partial charge in [0.25, 0.3) is 0 Å². The number of hydrogen-bond donors (Lipinski definition) is 0. The van der Waals surface area contributed by atoms with Crippen LogP contribution in [-0.2, 0) is 14.3 Å². The van der Waals surface area contributed by atoms with Gasteiger partial charge in [0.2, 0.25) is 0 Å². The maximum atomic E-state index is 11.9. The van der Waals surface area contributed by atoms with Crippen LogP contribution >= 0.6 is 0 Å². The Balaban J connectivity index is 3.43. The highest BCUT2D eigenvalue weighted by Gasteiger charge is 2.18. The molecular formula is C27H53NO4. The van der Waals surface area contributed by atoms with Crippen molar-refractivity contribution in [3.8, 4) is 0 Å². The zero-order chi connectivity index (χ0) is 23.9. The summed E-state index contributed by atoms with van der Waals surface area (Å²) < 4.78 is 10.5. The van der Waals surface area contributed by atoms with Crippen LogP contribution in [0, 0.1) is 5.92 Å². The van der Waals surface area contributed by atoms with Gasteiger partial charge in [-0.15, -0.1) is 0 Å². The fourth-order valence-electron chi connectivity index (χ4n) is 3.67. The smallest absolute Gasteiger partial charge is 0.410 e. The van der Waals surface area contributed by atoms with E-state index < -0.39 is 6.09 Å². The lowest BCUT2D eigenvalue weighted by Crippen LogP contribution is -2.37. The zero-order valence-corrected chi connectivity index (χ0v) is 21.8. The number of rotatable bonds is 22. The Morgan fingerprint density at radius 1 is 0.656 bits per heavy atom. The summed E-state index contributed by atoms with van der Waals surface area (Å²) >= 11 is 0. The van der Waals surface area contributed by atoms with Crippen LogP contribution in [0.2, 0.25) is 0 Å². The first-order chi connectivity index (χ1) is 15.5. The van der Waals surface area contributed by atoms with E-state index in [0.717, 1.165) is 12.8 Å². The largest absolute Gasteiger partial charge is 0.464 e. The number of hydrogen-bond acceptors (Lipinski definition) is 4. The number of carbonyl (C=O) groups is 2. The van der Waals surface area contributed by atoms with Gasteiger partial charge in [-0.2, -0.15) is 0 Å². The highest BCUT2D eigenvalue weighted by atomic mass is 16.6. The first kappa shape index (κ1) is 30.7. The van der Waals surface area contributed by atoms with Crippen molar-refractivity contribution in [1.82, 2.24) is 4.90 Å². The molecule has 0 atom stereocenters. The maximum absolute atomic E-state index is 11.9. The fraction of sp³-hybridized carbons (Fsp3) is 0.926. The average Bonchev–Trinajstić information content (AvgIpc) is 2.77. The second-order valence-corrected chi connectivity index (χ2v) is 9.51. The molecule has 0 saturated heterocycles. The molecule has 0 aliphatic heterocycles. The summed E-state index contributed by atoms with van der Waals surface area (Å²) in [5.74, 6) is -0.0752. The molecule has 0 spiro atoms. The molecule has 190 valence electrons. The number of carbonyl (C=O) groups excluding carboxylic acids is 2. The topological polar surface area (TPSA) is 55.8 Å². The van der Waals surface area contributed by atoms with Gasteiger partial charge in [-0.05, 0) is 19.3 Å². The average molecular weight is 456 g/mol. The number of likely N-dealkylation sites (N-methyl/N-ethyl adjacent to an activating group) is 1. The molecular weight excluding hydrogens is 402 g/mol. The van der Waals surface area contributed by atoms with E-state index in [-0.39, 0.29) is 18.4 Å². The molecule has 32 heavy (non-hydrogen) atoms. The van der Waals surface area contributed by atoms with Crippen molar-refractivity contribution in [2.75, 3.05) is 26.3 Å². The number of unbranched alkanes of at least 4 members (excludes halogenated alkanes) is 15. The van der Waals surface area contributed by atoms with E-state index in [9.17, 15) is 9.59 Å². The molecule has 0 N–H and O–H groups in total. The van der Waals surface area contributed by atoms with E-state index in [2.05, 4.69) is 6.92 Å². The highest BCUT2D eigenvalue weighted by Crippen LogP contribution is 2.13. The Hall–Kier alpha value is -1.26. The molecule has 5 nitrogen and oxygen atoms in total. The number of ether oxygens (including phenoxy) is 2. The lowest BCUT2D eigenvalue weighted by Gasteiger charge is -2.20. The normalized spacial score (nSPS) is 11.0. The standard InChI is InChI=1S/C27H53NO4/c1-5-7-8-9-10-11-12-13-14-15-16-17-18-19-20-21-22-31-26(29)23-28(6-2)27(30)32-24-25(3)4/h25H,5-24H2,1-4H3. The molecule has 0 bridgehead atoms. The van der Waals surface area contributed by atoms with Crippen molar-refractivity contribution in [1.29, 1.82) is 0 Å². The molecule has 0 aliphatic carbocycles. The Kier molecular flexibility index (Phi) is 22.0. The summed E-state index contributed by atoms with van der Waals surface area (Å²) in [6.07, 6.45) is 20.7. The third kappa shape index (κ3) is 20.6. The van der Waals surface area contributed by atoms with Crippen molar-refractivity contribution >= 4 is 12.1 Å². The van der Waals surface area contributed by atoms with Crippen molar-refractivity contribution in [3.05, 3.63) is 0 Å². The Labute approximate surface area is 199 Å². The predicted octanol–water partition coefficient (Wildman–Crippen LogP) is 7.91. The van der Waals surface area contributed by atoms with Crippen LogP contribution in [-0.4, -0.2) is 43.3 Å². The first-order valence-electron chi connectivity index (χ1n) is 13.6. The monoisotopic (exact) mass is 455 g/mol. The summed E-state index contributed by atoms with van der Waals surface area (Å²) in [4.78, 5) is 25.3. The van der Waals surface area contributed by atoms with E-state index in [1.807, 2.05) is 20.8 Å². The molecule has 0 aromatic carbocycles. The molecule has 0 aromatic rings. The van der Waals surface area contributed by atoms with Gasteiger partial charge >= 0.3 is 12.1 Å². The molecule has 0 fully saturated rings.